The number of hydrogen-bond donors (Lipinski definition) is 1. The van der Waals surface area contributed by atoms with Gasteiger partial charge in [0, 0.05) is 12.6 Å². The maximum atomic E-state index is 5.51. The lowest BCUT2D eigenvalue weighted by atomic mass is 9.94. The largest absolute Gasteiger partial charge is 0.454 e. The van der Waals surface area contributed by atoms with E-state index in [0.717, 1.165) is 24.0 Å². The molecule has 0 aromatic heterocycles. The van der Waals surface area contributed by atoms with Crippen molar-refractivity contribution in [1.29, 1.82) is 0 Å². The molecule has 1 aromatic carbocycles. The minimum atomic E-state index is 0.367. The van der Waals surface area contributed by atoms with E-state index in [1.165, 1.54) is 50.0 Å². The van der Waals surface area contributed by atoms with Crippen molar-refractivity contribution in [3.8, 4) is 11.5 Å². The van der Waals surface area contributed by atoms with Crippen LogP contribution in [0.4, 0.5) is 0 Å². The molecule has 0 radical (unpaired) electrons. The summed E-state index contributed by atoms with van der Waals surface area (Å²) in [6, 6.07) is 4.86. The Balaban J connectivity index is 1.42. The molecule has 3 aliphatic heterocycles. The molecule has 4 nitrogen and oxygen atoms in total. The van der Waals surface area contributed by atoms with Crippen LogP contribution in [-0.4, -0.2) is 31.3 Å². The average Bonchev–Trinajstić information content (AvgIpc) is 3.09. The lowest BCUT2D eigenvalue weighted by molar-refractivity contribution is 0.173. The van der Waals surface area contributed by atoms with E-state index < -0.39 is 0 Å². The molecule has 0 bridgehead atoms. The Morgan fingerprint density at radius 2 is 1.95 bits per heavy atom. The van der Waals surface area contributed by atoms with Crippen molar-refractivity contribution in [2.75, 3.05) is 26.4 Å². The van der Waals surface area contributed by atoms with Crippen molar-refractivity contribution in [1.82, 2.24) is 10.2 Å². The summed E-state index contributed by atoms with van der Waals surface area (Å²) in [4.78, 5) is 2.60. The third kappa shape index (κ3) is 2.51. The normalized spacial score (nSPS) is 25.3. The van der Waals surface area contributed by atoms with Crippen LogP contribution in [0.15, 0.2) is 12.1 Å². The molecule has 1 atom stereocenters. The first-order valence-electron chi connectivity index (χ1n) is 8.18. The van der Waals surface area contributed by atoms with Crippen LogP contribution in [0.25, 0.3) is 0 Å². The van der Waals surface area contributed by atoms with Crippen LogP contribution in [0.5, 0.6) is 11.5 Å². The van der Waals surface area contributed by atoms with Gasteiger partial charge in [-0.1, -0.05) is 0 Å². The van der Waals surface area contributed by atoms with Crippen molar-refractivity contribution in [3.05, 3.63) is 23.3 Å². The maximum absolute atomic E-state index is 5.51. The van der Waals surface area contributed by atoms with Gasteiger partial charge in [-0.25, -0.2) is 0 Å². The van der Waals surface area contributed by atoms with Gasteiger partial charge in [0.1, 0.15) is 0 Å². The Hall–Kier alpha value is -1.26. The molecule has 114 valence electrons. The molecule has 1 fully saturated rings. The summed E-state index contributed by atoms with van der Waals surface area (Å²) in [6.07, 6.45) is 4.00. The van der Waals surface area contributed by atoms with Gasteiger partial charge < -0.3 is 14.8 Å². The third-order valence-electron chi connectivity index (χ3n) is 5.29. The molecule has 0 saturated carbocycles. The zero-order chi connectivity index (χ0) is 14.2. The molecule has 1 unspecified atom stereocenters. The molecule has 0 aliphatic carbocycles. The summed E-state index contributed by atoms with van der Waals surface area (Å²) in [6.45, 7) is 7.33. The first-order valence-corrected chi connectivity index (χ1v) is 8.18. The van der Waals surface area contributed by atoms with Gasteiger partial charge in [0.25, 0.3) is 0 Å². The molecule has 1 aromatic rings. The topological polar surface area (TPSA) is 33.7 Å². The van der Waals surface area contributed by atoms with Crippen LogP contribution in [0, 0.1) is 5.92 Å². The Labute approximate surface area is 126 Å². The van der Waals surface area contributed by atoms with E-state index in [1.807, 2.05) is 0 Å². The Morgan fingerprint density at radius 3 is 2.76 bits per heavy atom. The van der Waals surface area contributed by atoms with Crippen molar-refractivity contribution < 1.29 is 9.47 Å². The van der Waals surface area contributed by atoms with Gasteiger partial charge in [-0.15, -0.1) is 0 Å². The second-order valence-corrected chi connectivity index (χ2v) is 6.53. The Kier molecular flexibility index (Phi) is 3.51. The van der Waals surface area contributed by atoms with E-state index in [9.17, 15) is 0 Å². The van der Waals surface area contributed by atoms with Crippen LogP contribution in [0.1, 0.15) is 43.4 Å². The standard InChI is InChI=1S/C17H24N2O2/c1-12-15-9-17-16(20-11-21-17)8-14(15)10-19(12)7-4-13-2-5-18-6-3-13/h8-9,12-13,18H,2-7,10-11H2,1H3. The summed E-state index contributed by atoms with van der Waals surface area (Å²) in [5.41, 5.74) is 2.83. The fraction of sp³-hybridized carbons (Fsp3) is 0.647. The lowest BCUT2D eigenvalue weighted by Crippen LogP contribution is -2.30. The van der Waals surface area contributed by atoms with E-state index in [0.29, 0.717) is 12.8 Å². The molecule has 3 heterocycles. The van der Waals surface area contributed by atoms with Gasteiger partial charge in [-0.05, 0) is 75.0 Å². The number of ether oxygens (including phenoxy) is 2. The highest BCUT2D eigenvalue weighted by molar-refractivity contribution is 5.51. The minimum absolute atomic E-state index is 0.367. The highest BCUT2D eigenvalue weighted by Gasteiger charge is 2.30. The molecule has 1 N–H and O–H groups in total. The second-order valence-electron chi connectivity index (χ2n) is 6.53. The first kappa shape index (κ1) is 13.4. The summed E-state index contributed by atoms with van der Waals surface area (Å²) in [5, 5.41) is 3.45. The predicted molar refractivity (Wildman–Crippen MR) is 81.6 cm³/mol. The Bertz CT molecular complexity index is 526. The molecule has 0 spiro atoms. The predicted octanol–water partition coefficient (Wildman–Crippen LogP) is 2.68. The van der Waals surface area contributed by atoms with Crippen LogP contribution in [-0.2, 0) is 6.54 Å². The summed E-state index contributed by atoms with van der Waals surface area (Å²) >= 11 is 0. The molecular formula is C17H24N2O2. The minimum Gasteiger partial charge on any atom is -0.454 e. The van der Waals surface area contributed by atoms with Crippen molar-refractivity contribution in [2.24, 2.45) is 5.92 Å². The highest BCUT2D eigenvalue weighted by atomic mass is 16.7. The monoisotopic (exact) mass is 288 g/mol. The van der Waals surface area contributed by atoms with Crippen molar-refractivity contribution >= 4 is 0 Å². The van der Waals surface area contributed by atoms with E-state index >= 15 is 0 Å². The average molecular weight is 288 g/mol. The molecule has 4 rings (SSSR count). The van der Waals surface area contributed by atoms with Gasteiger partial charge in [0.05, 0.1) is 0 Å². The molecule has 0 amide bonds. The SMILES string of the molecule is CC1c2cc3c(cc2CN1CCC1CCNCC1)OCO3. The van der Waals surface area contributed by atoms with Crippen LogP contribution in [0.2, 0.25) is 0 Å². The number of fused-ring (bicyclic) bond motifs is 2. The quantitative estimate of drug-likeness (QED) is 0.927. The third-order valence-corrected chi connectivity index (χ3v) is 5.29. The zero-order valence-electron chi connectivity index (χ0n) is 12.7. The fourth-order valence-corrected chi connectivity index (χ4v) is 3.87. The number of benzene rings is 1. The van der Waals surface area contributed by atoms with E-state index in [2.05, 4.69) is 29.3 Å². The highest BCUT2D eigenvalue weighted by Crippen LogP contribution is 2.42. The summed E-state index contributed by atoms with van der Waals surface area (Å²) in [7, 11) is 0. The summed E-state index contributed by atoms with van der Waals surface area (Å²) in [5.74, 6) is 2.74. The van der Waals surface area contributed by atoms with Crippen LogP contribution in [0.3, 0.4) is 0 Å². The van der Waals surface area contributed by atoms with Crippen LogP contribution < -0.4 is 14.8 Å². The zero-order valence-corrected chi connectivity index (χ0v) is 12.7. The smallest absolute Gasteiger partial charge is 0.231 e. The number of hydrogen-bond acceptors (Lipinski definition) is 4. The van der Waals surface area contributed by atoms with Crippen molar-refractivity contribution in [2.45, 2.75) is 38.8 Å². The van der Waals surface area contributed by atoms with Crippen LogP contribution >= 0.6 is 0 Å². The number of rotatable bonds is 3. The number of piperidine rings is 1. The maximum Gasteiger partial charge on any atom is 0.231 e. The van der Waals surface area contributed by atoms with Gasteiger partial charge in [0.2, 0.25) is 6.79 Å². The number of nitrogens with zero attached hydrogens (tertiary/aromatic N) is 1. The summed E-state index contributed by atoms with van der Waals surface area (Å²) < 4.78 is 11.0. The Morgan fingerprint density at radius 1 is 1.19 bits per heavy atom. The second kappa shape index (κ2) is 5.50. The van der Waals surface area contributed by atoms with Gasteiger partial charge in [-0.3, -0.25) is 4.90 Å². The fourth-order valence-electron chi connectivity index (χ4n) is 3.87. The van der Waals surface area contributed by atoms with E-state index in [-0.39, 0.29) is 0 Å². The molecule has 1 saturated heterocycles. The molecule has 4 heteroatoms. The molecule has 21 heavy (non-hydrogen) atoms. The number of nitrogens with one attached hydrogen (secondary N) is 1. The van der Waals surface area contributed by atoms with E-state index in [4.69, 9.17) is 9.47 Å². The van der Waals surface area contributed by atoms with Gasteiger partial charge >= 0.3 is 0 Å². The first-order chi connectivity index (χ1) is 10.3. The lowest BCUT2D eigenvalue weighted by Gasteiger charge is -2.27. The van der Waals surface area contributed by atoms with Gasteiger partial charge in [0.15, 0.2) is 11.5 Å². The van der Waals surface area contributed by atoms with Crippen molar-refractivity contribution in [3.63, 3.8) is 0 Å². The molecule has 3 aliphatic rings. The van der Waals surface area contributed by atoms with Gasteiger partial charge in [-0.2, -0.15) is 0 Å². The van der Waals surface area contributed by atoms with E-state index in [1.54, 1.807) is 0 Å². The molecular weight excluding hydrogens is 264 g/mol.